The number of amides is 2. The Morgan fingerprint density at radius 2 is 1.45 bits per heavy atom. The van der Waals surface area contributed by atoms with Gasteiger partial charge in [-0.3, -0.25) is 32.5 Å². The molecule has 2 aromatic rings. The van der Waals surface area contributed by atoms with Gasteiger partial charge in [-0.05, 0) is 57.4 Å². The second kappa shape index (κ2) is 32.6. The molecular formula is C45H72N7O17P3S. The summed E-state index contributed by atoms with van der Waals surface area (Å²) < 4.78 is 62.5. The van der Waals surface area contributed by atoms with Crippen LogP contribution in [0.3, 0.4) is 0 Å². The molecule has 0 bridgehead atoms. The number of aromatic nitrogens is 4. The Morgan fingerprint density at radius 3 is 2.10 bits per heavy atom. The summed E-state index contributed by atoms with van der Waals surface area (Å²) in [6, 6.07) is 0. The van der Waals surface area contributed by atoms with Crippen LogP contribution in [0.4, 0.5) is 5.82 Å². The van der Waals surface area contributed by atoms with E-state index in [2.05, 4.69) is 90.0 Å². The summed E-state index contributed by atoms with van der Waals surface area (Å²) in [4.78, 5) is 88.4. The van der Waals surface area contributed by atoms with Crippen molar-refractivity contribution in [3.8, 4) is 0 Å². The Morgan fingerprint density at radius 1 is 0.849 bits per heavy atom. The van der Waals surface area contributed by atoms with Gasteiger partial charge in [0.2, 0.25) is 16.9 Å². The predicted octanol–water partition coefficient (Wildman–Crippen LogP) is 6.15. The summed E-state index contributed by atoms with van der Waals surface area (Å²) >= 11 is 1.06. The van der Waals surface area contributed by atoms with Gasteiger partial charge >= 0.3 is 23.5 Å². The molecule has 0 aliphatic carbocycles. The number of aliphatic hydroxyl groups is 2. The molecule has 7 atom stereocenters. The summed E-state index contributed by atoms with van der Waals surface area (Å²) in [6.07, 6.45) is 26.9. The maximum absolute atomic E-state index is 12.8. The van der Waals surface area contributed by atoms with Crippen LogP contribution >= 0.6 is 35.2 Å². The summed E-state index contributed by atoms with van der Waals surface area (Å²) in [5, 5.41) is 26.5. The number of nitrogens with zero attached hydrogens (tertiary/aromatic N) is 4. The molecule has 1 aliphatic rings. The van der Waals surface area contributed by atoms with Crippen molar-refractivity contribution in [1.29, 1.82) is 0 Å². The van der Waals surface area contributed by atoms with Gasteiger partial charge in [-0.25, -0.2) is 28.6 Å². The van der Waals surface area contributed by atoms with Crippen molar-refractivity contribution in [2.75, 3.05) is 37.8 Å². The Hall–Kier alpha value is -3.74. The van der Waals surface area contributed by atoms with Gasteiger partial charge in [0, 0.05) is 30.7 Å². The quantitative estimate of drug-likeness (QED) is 0.0160. The molecule has 2 unspecified atom stereocenters. The average molecular weight is 1110 g/mol. The van der Waals surface area contributed by atoms with Crippen molar-refractivity contribution >= 4 is 69.1 Å². The minimum absolute atomic E-state index is 0.0305. The van der Waals surface area contributed by atoms with Crippen LogP contribution in [0.2, 0.25) is 0 Å². The maximum atomic E-state index is 12.8. The van der Waals surface area contributed by atoms with Gasteiger partial charge < -0.3 is 50.9 Å². The van der Waals surface area contributed by atoms with Gasteiger partial charge in [-0.15, -0.1) is 0 Å². The fourth-order valence-corrected chi connectivity index (χ4v) is 10.3. The molecule has 10 N–H and O–H groups in total. The van der Waals surface area contributed by atoms with E-state index < -0.39 is 84.6 Å². The molecule has 2 amide bonds. The molecule has 1 fully saturated rings. The smallest absolute Gasteiger partial charge is 0.386 e. The standard InChI is InChI=1S/C45H72N7O17P3S/c1-4-5-6-7-8-9-10-11-12-13-14-15-16-17-18-19-20-21-22-23-24-25-36(54)73-29-28-47-35(53)26-27-48-43(57)40(56)45(2,3)31-66-72(63,64)69-71(61,62)65-30-34-39(68-70(58,59)60)38(55)44(67-34)52-33-51-37-41(46)49-32-50-42(37)52/h5-6,8-9,11-12,14-15,24-25,32-34,38-40,44,55-56H,4,7,10,13,16-23,26-31H2,1-3H3,(H,47,53)(H,48,57)(H,61,62)(H,63,64)(H2,46,49,50)(H2,58,59,60)/b6-5-,9-8-,12-11-,15-14-,25-24+/t34-,38+,39+,40-,44-/m0/s1. The van der Waals surface area contributed by atoms with E-state index in [-0.39, 0.29) is 41.6 Å². The Kier molecular flexibility index (Phi) is 28.4. The number of carbonyl (C=O) groups excluding carboxylic acids is 3. The molecule has 2 aromatic heterocycles. The number of nitrogen functional groups attached to an aromatic ring is 1. The average Bonchev–Trinajstić information content (AvgIpc) is 3.88. The molecule has 1 saturated heterocycles. The molecule has 24 nitrogen and oxygen atoms in total. The highest BCUT2D eigenvalue weighted by atomic mass is 32.2. The van der Waals surface area contributed by atoms with Crippen LogP contribution in [-0.2, 0) is 50.7 Å². The number of nitrogens with one attached hydrogen (secondary N) is 2. The molecule has 1 aliphatic heterocycles. The van der Waals surface area contributed by atoms with E-state index in [1.54, 1.807) is 6.08 Å². The van der Waals surface area contributed by atoms with Crippen molar-refractivity contribution in [3.63, 3.8) is 0 Å². The molecule has 73 heavy (non-hydrogen) atoms. The number of phosphoric ester groups is 3. The summed E-state index contributed by atoms with van der Waals surface area (Å²) in [7, 11) is -16.4. The summed E-state index contributed by atoms with van der Waals surface area (Å²) in [5.74, 6) is -1.12. The second-order valence-electron chi connectivity index (χ2n) is 17.3. The Balaban J connectivity index is 1.26. The van der Waals surface area contributed by atoms with E-state index in [1.807, 2.05) is 6.08 Å². The molecule has 3 heterocycles. The molecule has 0 saturated carbocycles. The highest BCUT2D eigenvalue weighted by molar-refractivity contribution is 8.14. The Labute approximate surface area is 429 Å². The van der Waals surface area contributed by atoms with Crippen LogP contribution in [0.25, 0.3) is 11.2 Å². The maximum Gasteiger partial charge on any atom is 0.481 e. The fourth-order valence-electron chi connectivity index (χ4n) is 6.84. The molecule has 0 radical (unpaired) electrons. The zero-order valence-corrected chi connectivity index (χ0v) is 44.8. The van der Waals surface area contributed by atoms with Crippen molar-refractivity contribution in [1.82, 2.24) is 30.2 Å². The molecule has 28 heteroatoms. The van der Waals surface area contributed by atoms with Crippen LogP contribution in [-0.4, -0.2) is 123 Å². The Bertz CT molecular complexity index is 2340. The van der Waals surface area contributed by atoms with Crippen LogP contribution in [0.5, 0.6) is 0 Å². The predicted molar refractivity (Wildman–Crippen MR) is 274 cm³/mol. The summed E-state index contributed by atoms with van der Waals surface area (Å²) in [5.41, 5.74) is 4.27. The number of nitrogens with two attached hydrogens (primary N) is 1. The van der Waals surface area contributed by atoms with Crippen LogP contribution < -0.4 is 16.4 Å². The molecule has 0 spiro atoms. The zero-order valence-electron chi connectivity index (χ0n) is 41.3. The molecular weight excluding hydrogens is 1040 g/mol. The fraction of sp³-hybridized carbons (Fsp3) is 0.600. The topological polar surface area (TPSA) is 364 Å². The number of thioether (sulfide) groups is 1. The summed E-state index contributed by atoms with van der Waals surface area (Å²) in [6.45, 7) is 2.63. The number of rotatable bonds is 36. The van der Waals surface area contributed by atoms with Crippen LogP contribution in [0, 0.1) is 5.41 Å². The number of imidazole rings is 1. The van der Waals surface area contributed by atoms with Crippen molar-refractivity contribution < 1.29 is 80.5 Å². The van der Waals surface area contributed by atoms with E-state index in [1.165, 1.54) is 33.1 Å². The minimum atomic E-state index is -5.58. The lowest BCUT2D eigenvalue weighted by molar-refractivity contribution is -0.137. The van der Waals surface area contributed by atoms with E-state index in [9.17, 15) is 57.9 Å². The van der Waals surface area contributed by atoms with Gasteiger partial charge in [0.25, 0.3) is 0 Å². The zero-order chi connectivity index (χ0) is 53.9. The largest absolute Gasteiger partial charge is 0.481 e. The minimum Gasteiger partial charge on any atom is -0.386 e. The van der Waals surface area contributed by atoms with Crippen LogP contribution in [0.15, 0.2) is 73.4 Å². The molecule has 410 valence electrons. The first-order chi connectivity index (χ1) is 34.6. The van der Waals surface area contributed by atoms with E-state index >= 15 is 0 Å². The van der Waals surface area contributed by atoms with Gasteiger partial charge in [0.05, 0.1) is 19.5 Å². The SMILES string of the molecule is CC/C=C\C/C=C\C/C=C\C/C=C\CCCCCCCC/C=C/C(=O)SCCNC(=O)CCNC(=O)[C@H](O)C(C)(C)COP(=O)(O)OP(=O)(O)OC[C@@H]1O[C@H](n2cnc3c(N)ncnc32)[C@H](O)[C@@H]1OP(=O)(O)O. The number of allylic oxidation sites excluding steroid dienone is 9. The third kappa shape index (κ3) is 25.1. The number of anilines is 1. The monoisotopic (exact) mass is 1110 g/mol. The highest BCUT2D eigenvalue weighted by Crippen LogP contribution is 2.61. The number of hydrogen-bond acceptors (Lipinski definition) is 18. The number of ether oxygens (including phenoxy) is 1. The third-order valence-electron chi connectivity index (χ3n) is 10.7. The number of aliphatic hydroxyl groups excluding tert-OH is 2. The van der Waals surface area contributed by atoms with Crippen LogP contribution in [0.1, 0.15) is 110 Å². The molecule has 0 aromatic carbocycles. The van der Waals surface area contributed by atoms with Gasteiger partial charge in [-0.1, -0.05) is 113 Å². The van der Waals surface area contributed by atoms with Gasteiger partial charge in [0.1, 0.15) is 36.3 Å². The van der Waals surface area contributed by atoms with Gasteiger partial charge in [-0.2, -0.15) is 4.31 Å². The normalized spacial score (nSPS) is 20.0. The lowest BCUT2D eigenvalue weighted by Crippen LogP contribution is -2.46. The lowest BCUT2D eigenvalue weighted by Gasteiger charge is -2.30. The number of unbranched alkanes of at least 4 members (excludes halogenated alkanes) is 7. The van der Waals surface area contributed by atoms with E-state index in [0.29, 0.717) is 5.75 Å². The first-order valence-corrected chi connectivity index (χ1v) is 29.4. The van der Waals surface area contributed by atoms with Gasteiger partial charge in [0.15, 0.2) is 17.7 Å². The second-order valence-corrected chi connectivity index (χ2v) is 22.7. The number of hydrogen-bond donors (Lipinski definition) is 9. The lowest BCUT2D eigenvalue weighted by atomic mass is 9.87. The number of carbonyl (C=O) groups is 3. The van der Waals surface area contributed by atoms with E-state index in [4.69, 9.17) is 19.5 Å². The van der Waals surface area contributed by atoms with Crippen molar-refractivity contribution in [3.05, 3.63) is 73.4 Å². The first-order valence-electron chi connectivity index (χ1n) is 23.9. The van der Waals surface area contributed by atoms with Crippen molar-refractivity contribution in [2.24, 2.45) is 5.41 Å². The number of phosphoric acid groups is 3. The third-order valence-corrected chi connectivity index (χ3v) is 14.6. The first kappa shape index (κ1) is 63.6. The number of fused-ring (bicyclic) bond motifs is 1. The molecule has 3 rings (SSSR count). The highest BCUT2D eigenvalue weighted by Gasteiger charge is 2.50. The van der Waals surface area contributed by atoms with Crippen molar-refractivity contribution in [2.45, 2.75) is 135 Å². The van der Waals surface area contributed by atoms with E-state index in [0.717, 1.165) is 86.8 Å².